The van der Waals surface area contributed by atoms with Gasteiger partial charge in [-0.25, -0.2) is 0 Å². The predicted octanol–water partition coefficient (Wildman–Crippen LogP) is 3.76. The van der Waals surface area contributed by atoms with Crippen LogP contribution in [0.15, 0.2) is 30.0 Å². The highest BCUT2D eigenvalue weighted by Crippen LogP contribution is 2.28. The van der Waals surface area contributed by atoms with Crippen molar-refractivity contribution in [1.29, 1.82) is 0 Å². The van der Waals surface area contributed by atoms with E-state index in [9.17, 15) is 9.59 Å². The Hall–Kier alpha value is -2.89. The molecular formula is C23H30N4O2. The Balaban J connectivity index is 2.00. The Labute approximate surface area is 172 Å². The summed E-state index contributed by atoms with van der Waals surface area (Å²) in [6, 6.07) is 6.10. The summed E-state index contributed by atoms with van der Waals surface area (Å²) < 4.78 is 1.56. The minimum absolute atomic E-state index is 0.0385. The van der Waals surface area contributed by atoms with E-state index in [2.05, 4.69) is 24.3 Å². The third-order valence-electron chi connectivity index (χ3n) is 5.39. The van der Waals surface area contributed by atoms with Crippen molar-refractivity contribution in [3.8, 4) is 0 Å². The van der Waals surface area contributed by atoms with Crippen LogP contribution < -0.4 is 5.32 Å². The number of aromatic nitrogens is 2. The van der Waals surface area contributed by atoms with Gasteiger partial charge in [-0.05, 0) is 43.2 Å². The number of nitrogens with zero attached hydrogens (tertiary/aromatic N) is 3. The standard InChI is InChI=1S/C23H30N4O2/c1-6-15-10-8-11-16(7-2)19(15)24-23(29)20-18-13-9-12-17(14-26(3)4)22(28)21(18)27(5)25-20/h8,10-11,14H,6-7,9,12-13H2,1-5H3,(H,24,29). The van der Waals surface area contributed by atoms with E-state index in [1.807, 2.05) is 43.4 Å². The number of hydrogen-bond acceptors (Lipinski definition) is 4. The molecule has 1 amide bonds. The Morgan fingerprint density at radius 2 is 1.86 bits per heavy atom. The fraction of sp³-hybridized carbons (Fsp3) is 0.435. The van der Waals surface area contributed by atoms with E-state index in [-0.39, 0.29) is 11.7 Å². The quantitative estimate of drug-likeness (QED) is 0.619. The van der Waals surface area contributed by atoms with Gasteiger partial charge in [-0.2, -0.15) is 5.10 Å². The number of carbonyl (C=O) groups is 2. The van der Waals surface area contributed by atoms with E-state index >= 15 is 0 Å². The Morgan fingerprint density at radius 3 is 2.45 bits per heavy atom. The first-order chi connectivity index (χ1) is 13.9. The van der Waals surface area contributed by atoms with Crippen molar-refractivity contribution in [1.82, 2.24) is 14.7 Å². The van der Waals surface area contributed by atoms with Crippen molar-refractivity contribution in [2.24, 2.45) is 7.05 Å². The largest absolute Gasteiger partial charge is 0.383 e. The highest BCUT2D eigenvalue weighted by atomic mass is 16.2. The number of nitrogens with one attached hydrogen (secondary N) is 1. The SMILES string of the molecule is CCc1cccc(CC)c1NC(=O)c1nn(C)c2c1CCCC(=CN(C)C)C2=O. The van der Waals surface area contributed by atoms with Crippen LogP contribution in [0.5, 0.6) is 0 Å². The van der Waals surface area contributed by atoms with Gasteiger partial charge in [0.25, 0.3) is 5.91 Å². The van der Waals surface area contributed by atoms with Crippen molar-refractivity contribution in [3.63, 3.8) is 0 Å². The summed E-state index contributed by atoms with van der Waals surface area (Å²) in [5.41, 5.74) is 5.47. The van der Waals surface area contributed by atoms with Gasteiger partial charge in [0.1, 0.15) is 5.69 Å². The second kappa shape index (κ2) is 8.64. The number of para-hydroxylation sites is 1. The summed E-state index contributed by atoms with van der Waals surface area (Å²) in [6.07, 6.45) is 5.72. The summed E-state index contributed by atoms with van der Waals surface area (Å²) in [6.45, 7) is 4.16. The van der Waals surface area contributed by atoms with Gasteiger partial charge in [0.2, 0.25) is 5.78 Å². The molecule has 154 valence electrons. The molecule has 1 aliphatic carbocycles. The number of Topliss-reactive ketones (excluding diaryl/α,β-unsaturated/α-hetero) is 1. The average molecular weight is 395 g/mol. The monoisotopic (exact) mass is 394 g/mol. The van der Waals surface area contributed by atoms with E-state index in [1.54, 1.807) is 11.7 Å². The molecule has 6 nitrogen and oxygen atoms in total. The second-order valence-corrected chi connectivity index (χ2v) is 7.71. The minimum Gasteiger partial charge on any atom is -0.383 e. The van der Waals surface area contributed by atoms with Crippen LogP contribution in [-0.4, -0.2) is 40.5 Å². The van der Waals surface area contributed by atoms with Crippen molar-refractivity contribution in [3.05, 3.63) is 58.1 Å². The van der Waals surface area contributed by atoms with E-state index in [0.29, 0.717) is 24.2 Å². The molecule has 1 N–H and O–H groups in total. The summed E-state index contributed by atoms with van der Waals surface area (Å²) in [5, 5.41) is 7.54. The molecule has 0 unspecified atom stereocenters. The van der Waals surface area contributed by atoms with Crippen LogP contribution in [0.25, 0.3) is 0 Å². The highest BCUT2D eigenvalue weighted by molar-refractivity contribution is 6.12. The molecule has 1 aliphatic rings. The summed E-state index contributed by atoms with van der Waals surface area (Å²) in [4.78, 5) is 28.2. The molecule has 1 aromatic carbocycles. The Bertz CT molecular complexity index is 947. The molecule has 0 atom stereocenters. The van der Waals surface area contributed by atoms with E-state index in [0.717, 1.165) is 47.2 Å². The number of amides is 1. The van der Waals surface area contributed by atoms with Crippen LogP contribution in [-0.2, 0) is 26.3 Å². The molecule has 0 fully saturated rings. The molecule has 6 heteroatoms. The normalized spacial score (nSPS) is 15.2. The lowest BCUT2D eigenvalue weighted by Gasteiger charge is -2.14. The molecule has 0 spiro atoms. The van der Waals surface area contributed by atoms with Crippen molar-refractivity contribution < 1.29 is 9.59 Å². The maximum atomic E-state index is 13.2. The lowest BCUT2D eigenvalue weighted by molar-refractivity contribution is 0.101. The van der Waals surface area contributed by atoms with E-state index < -0.39 is 0 Å². The first kappa shape index (κ1) is 20.8. The second-order valence-electron chi connectivity index (χ2n) is 7.71. The molecule has 29 heavy (non-hydrogen) atoms. The van der Waals surface area contributed by atoms with Crippen molar-refractivity contribution in [2.45, 2.75) is 46.0 Å². The fourth-order valence-electron chi connectivity index (χ4n) is 4.00. The van der Waals surface area contributed by atoms with Crippen LogP contribution >= 0.6 is 0 Å². The molecule has 0 bridgehead atoms. The predicted molar refractivity (Wildman–Crippen MR) is 115 cm³/mol. The highest BCUT2D eigenvalue weighted by Gasteiger charge is 2.30. The zero-order chi connectivity index (χ0) is 21.1. The van der Waals surface area contributed by atoms with Gasteiger partial charge in [-0.15, -0.1) is 0 Å². The first-order valence-electron chi connectivity index (χ1n) is 10.3. The van der Waals surface area contributed by atoms with Crippen molar-refractivity contribution in [2.75, 3.05) is 19.4 Å². The number of aryl methyl sites for hydroxylation is 3. The molecule has 1 heterocycles. The molecular weight excluding hydrogens is 364 g/mol. The van der Waals surface area contributed by atoms with Gasteiger partial charge >= 0.3 is 0 Å². The summed E-state index contributed by atoms with van der Waals surface area (Å²) in [5.74, 6) is -0.284. The minimum atomic E-state index is -0.245. The zero-order valence-corrected chi connectivity index (χ0v) is 18.0. The molecule has 1 aromatic heterocycles. The number of benzene rings is 1. The van der Waals surface area contributed by atoms with Crippen LogP contribution in [0.1, 0.15) is 64.4 Å². The average Bonchev–Trinajstić information content (AvgIpc) is 2.93. The first-order valence-corrected chi connectivity index (χ1v) is 10.3. The lowest BCUT2D eigenvalue weighted by Crippen LogP contribution is -2.17. The number of hydrogen-bond donors (Lipinski definition) is 1. The van der Waals surface area contributed by atoms with Crippen LogP contribution in [0, 0.1) is 0 Å². The van der Waals surface area contributed by atoms with Crippen molar-refractivity contribution >= 4 is 17.4 Å². The van der Waals surface area contributed by atoms with Crippen LogP contribution in [0.4, 0.5) is 5.69 Å². The van der Waals surface area contributed by atoms with Gasteiger partial charge in [-0.1, -0.05) is 32.0 Å². The number of carbonyl (C=O) groups excluding carboxylic acids is 2. The van der Waals surface area contributed by atoms with Crippen LogP contribution in [0.3, 0.4) is 0 Å². The number of anilines is 1. The van der Waals surface area contributed by atoms with E-state index in [4.69, 9.17) is 0 Å². The smallest absolute Gasteiger partial charge is 0.276 e. The van der Waals surface area contributed by atoms with Gasteiger partial charge < -0.3 is 10.2 Å². The number of ketones is 1. The summed E-state index contributed by atoms with van der Waals surface area (Å²) >= 11 is 0. The third kappa shape index (κ3) is 4.11. The maximum Gasteiger partial charge on any atom is 0.276 e. The molecule has 0 saturated heterocycles. The number of rotatable bonds is 5. The number of allylic oxidation sites excluding steroid dienone is 1. The van der Waals surface area contributed by atoms with E-state index in [1.165, 1.54) is 0 Å². The van der Waals surface area contributed by atoms with Gasteiger partial charge in [0.15, 0.2) is 5.69 Å². The molecule has 0 aliphatic heterocycles. The van der Waals surface area contributed by atoms with Gasteiger partial charge in [-0.3, -0.25) is 14.3 Å². The molecule has 3 rings (SSSR count). The van der Waals surface area contributed by atoms with Crippen LogP contribution in [0.2, 0.25) is 0 Å². The molecule has 0 radical (unpaired) electrons. The van der Waals surface area contributed by atoms with Gasteiger partial charge in [0, 0.05) is 44.2 Å². The fourth-order valence-corrected chi connectivity index (χ4v) is 4.00. The Morgan fingerprint density at radius 1 is 1.21 bits per heavy atom. The third-order valence-corrected chi connectivity index (χ3v) is 5.39. The Kier molecular flexibility index (Phi) is 6.20. The number of fused-ring (bicyclic) bond motifs is 1. The van der Waals surface area contributed by atoms with Gasteiger partial charge in [0.05, 0.1) is 0 Å². The topological polar surface area (TPSA) is 67.2 Å². The summed E-state index contributed by atoms with van der Waals surface area (Å²) in [7, 11) is 5.55. The molecule has 0 saturated carbocycles. The lowest BCUT2D eigenvalue weighted by atomic mass is 10.0. The molecule has 2 aromatic rings. The maximum absolute atomic E-state index is 13.2. The zero-order valence-electron chi connectivity index (χ0n) is 18.0.